The molecule has 1 atom stereocenters. The third-order valence-electron chi connectivity index (χ3n) is 2.33. The average molecular weight is 180 g/mol. The molecular formula is C9H16N4. The van der Waals surface area contributed by atoms with E-state index in [0.717, 1.165) is 24.5 Å². The first-order chi connectivity index (χ1) is 6.25. The second kappa shape index (κ2) is 3.46. The van der Waals surface area contributed by atoms with Crippen LogP contribution >= 0.6 is 0 Å². The van der Waals surface area contributed by atoms with Crippen molar-refractivity contribution in [2.24, 2.45) is 5.73 Å². The van der Waals surface area contributed by atoms with Gasteiger partial charge in [-0.2, -0.15) is 5.10 Å². The number of nitrogens with zero attached hydrogens (tertiary/aromatic N) is 2. The van der Waals surface area contributed by atoms with Gasteiger partial charge in [0.05, 0.1) is 0 Å². The average Bonchev–Trinajstić information content (AvgIpc) is 2.83. The smallest absolute Gasteiger partial charge is 0.153 e. The number of aryl methyl sites for hydroxylation is 1. The van der Waals surface area contributed by atoms with Crippen LogP contribution in [-0.2, 0) is 6.42 Å². The molecule has 0 aromatic carbocycles. The Morgan fingerprint density at radius 1 is 1.62 bits per heavy atom. The Hall–Kier alpha value is -0.900. The van der Waals surface area contributed by atoms with Gasteiger partial charge in [-0.05, 0) is 26.2 Å². The van der Waals surface area contributed by atoms with E-state index in [9.17, 15) is 0 Å². The highest BCUT2D eigenvalue weighted by molar-refractivity contribution is 5.04. The third kappa shape index (κ3) is 2.28. The lowest BCUT2D eigenvalue weighted by Crippen LogP contribution is -2.15. The van der Waals surface area contributed by atoms with Gasteiger partial charge < -0.3 is 5.73 Å². The Morgan fingerprint density at radius 3 is 3.00 bits per heavy atom. The maximum atomic E-state index is 5.66. The summed E-state index contributed by atoms with van der Waals surface area (Å²) < 4.78 is 0. The van der Waals surface area contributed by atoms with E-state index in [0.29, 0.717) is 5.92 Å². The van der Waals surface area contributed by atoms with E-state index >= 15 is 0 Å². The Morgan fingerprint density at radius 2 is 2.38 bits per heavy atom. The number of nitrogens with two attached hydrogens (primary N) is 1. The van der Waals surface area contributed by atoms with E-state index in [4.69, 9.17) is 5.73 Å². The molecule has 0 saturated heterocycles. The van der Waals surface area contributed by atoms with Gasteiger partial charge in [-0.1, -0.05) is 0 Å². The molecule has 0 spiro atoms. The fourth-order valence-electron chi connectivity index (χ4n) is 1.31. The molecule has 0 amide bonds. The molecule has 0 radical (unpaired) electrons. The molecule has 1 aromatic rings. The molecule has 1 unspecified atom stereocenters. The van der Waals surface area contributed by atoms with Crippen LogP contribution in [0.4, 0.5) is 0 Å². The maximum absolute atomic E-state index is 5.66. The summed E-state index contributed by atoms with van der Waals surface area (Å²) in [5.41, 5.74) is 5.66. The lowest BCUT2D eigenvalue weighted by molar-refractivity contribution is 0.649. The summed E-state index contributed by atoms with van der Waals surface area (Å²) >= 11 is 0. The zero-order valence-corrected chi connectivity index (χ0v) is 7.95. The molecule has 1 heterocycles. The summed E-state index contributed by atoms with van der Waals surface area (Å²) in [6, 6.07) is 0.245. The number of hydrogen-bond acceptors (Lipinski definition) is 3. The van der Waals surface area contributed by atoms with Crippen molar-refractivity contribution in [2.45, 2.75) is 44.6 Å². The summed E-state index contributed by atoms with van der Waals surface area (Å²) in [5.74, 6) is 2.62. The molecule has 1 saturated carbocycles. The Bertz CT molecular complexity index is 275. The van der Waals surface area contributed by atoms with Gasteiger partial charge in [0.1, 0.15) is 5.82 Å². The predicted octanol–water partition coefficient (Wildman–Crippen LogP) is 0.962. The molecular weight excluding hydrogens is 164 g/mol. The van der Waals surface area contributed by atoms with E-state index in [-0.39, 0.29) is 6.04 Å². The largest absolute Gasteiger partial charge is 0.328 e. The van der Waals surface area contributed by atoms with E-state index in [1.54, 1.807) is 0 Å². The van der Waals surface area contributed by atoms with E-state index in [1.165, 1.54) is 12.8 Å². The van der Waals surface area contributed by atoms with Crippen molar-refractivity contribution in [3.63, 3.8) is 0 Å². The second-order valence-electron chi connectivity index (χ2n) is 3.93. The summed E-state index contributed by atoms with van der Waals surface area (Å²) in [6.45, 7) is 2.01. The molecule has 72 valence electrons. The van der Waals surface area contributed by atoms with Gasteiger partial charge >= 0.3 is 0 Å². The fourth-order valence-corrected chi connectivity index (χ4v) is 1.31. The van der Waals surface area contributed by atoms with Gasteiger partial charge in [0.15, 0.2) is 5.82 Å². The highest BCUT2D eigenvalue weighted by Crippen LogP contribution is 2.37. The molecule has 1 aliphatic rings. The quantitative estimate of drug-likeness (QED) is 0.725. The molecule has 4 nitrogen and oxygen atoms in total. The lowest BCUT2D eigenvalue weighted by atomic mass is 10.2. The molecule has 1 aromatic heterocycles. The van der Waals surface area contributed by atoms with Crippen molar-refractivity contribution >= 4 is 0 Å². The van der Waals surface area contributed by atoms with Crippen LogP contribution in [0.15, 0.2) is 0 Å². The summed E-state index contributed by atoms with van der Waals surface area (Å²) in [4.78, 5) is 4.42. The maximum Gasteiger partial charge on any atom is 0.153 e. The first kappa shape index (κ1) is 8.69. The van der Waals surface area contributed by atoms with Gasteiger partial charge in [-0.25, -0.2) is 4.98 Å². The van der Waals surface area contributed by atoms with Gasteiger partial charge in [0.2, 0.25) is 0 Å². The van der Waals surface area contributed by atoms with Crippen molar-refractivity contribution < 1.29 is 0 Å². The summed E-state index contributed by atoms with van der Waals surface area (Å²) in [7, 11) is 0. The molecule has 2 rings (SSSR count). The minimum Gasteiger partial charge on any atom is -0.328 e. The molecule has 4 heteroatoms. The van der Waals surface area contributed by atoms with Gasteiger partial charge in [-0.3, -0.25) is 5.10 Å². The predicted molar refractivity (Wildman–Crippen MR) is 50.3 cm³/mol. The topological polar surface area (TPSA) is 67.6 Å². The van der Waals surface area contributed by atoms with E-state index in [1.807, 2.05) is 6.92 Å². The van der Waals surface area contributed by atoms with Crippen LogP contribution in [0.3, 0.4) is 0 Å². The van der Waals surface area contributed by atoms with Crippen molar-refractivity contribution in [1.29, 1.82) is 0 Å². The van der Waals surface area contributed by atoms with E-state index < -0.39 is 0 Å². The number of aromatic nitrogens is 3. The van der Waals surface area contributed by atoms with Crippen LogP contribution in [0.5, 0.6) is 0 Å². The zero-order chi connectivity index (χ0) is 9.26. The number of aromatic amines is 1. The standard InChI is InChI=1S/C9H16N4/c1-6(10)2-5-8-11-9(13-12-8)7-3-4-7/h6-7H,2-5,10H2,1H3,(H,11,12,13). The van der Waals surface area contributed by atoms with Crippen molar-refractivity contribution in [3.8, 4) is 0 Å². The number of nitrogens with one attached hydrogen (secondary N) is 1. The Kier molecular flexibility index (Phi) is 2.31. The molecule has 1 aliphatic carbocycles. The van der Waals surface area contributed by atoms with Crippen molar-refractivity contribution in [3.05, 3.63) is 11.6 Å². The van der Waals surface area contributed by atoms with Crippen LogP contribution in [-0.4, -0.2) is 21.2 Å². The van der Waals surface area contributed by atoms with Gasteiger partial charge in [0.25, 0.3) is 0 Å². The molecule has 0 bridgehead atoms. The van der Waals surface area contributed by atoms with E-state index in [2.05, 4.69) is 15.2 Å². The number of rotatable bonds is 4. The first-order valence-corrected chi connectivity index (χ1v) is 4.92. The molecule has 3 N–H and O–H groups in total. The molecule has 13 heavy (non-hydrogen) atoms. The first-order valence-electron chi connectivity index (χ1n) is 4.92. The molecule has 0 aliphatic heterocycles. The minimum absolute atomic E-state index is 0.245. The lowest BCUT2D eigenvalue weighted by Gasteiger charge is -2.00. The van der Waals surface area contributed by atoms with Gasteiger partial charge in [0, 0.05) is 18.4 Å². The second-order valence-corrected chi connectivity index (χ2v) is 3.93. The highest BCUT2D eigenvalue weighted by atomic mass is 15.2. The SMILES string of the molecule is CC(N)CCc1nc(C2CC2)n[nH]1. The normalized spacial score (nSPS) is 18.9. The number of H-pyrrole nitrogens is 1. The monoisotopic (exact) mass is 180 g/mol. The van der Waals surface area contributed by atoms with Crippen LogP contribution in [0.2, 0.25) is 0 Å². The van der Waals surface area contributed by atoms with Crippen LogP contribution < -0.4 is 5.73 Å². The Labute approximate surface area is 77.9 Å². The summed E-state index contributed by atoms with van der Waals surface area (Å²) in [5, 5.41) is 7.14. The fraction of sp³-hybridized carbons (Fsp3) is 0.778. The highest BCUT2D eigenvalue weighted by Gasteiger charge is 2.27. The third-order valence-corrected chi connectivity index (χ3v) is 2.33. The van der Waals surface area contributed by atoms with Gasteiger partial charge in [-0.15, -0.1) is 0 Å². The number of hydrogen-bond donors (Lipinski definition) is 2. The minimum atomic E-state index is 0.245. The van der Waals surface area contributed by atoms with Crippen LogP contribution in [0, 0.1) is 0 Å². The van der Waals surface area contributed by atoms with Crippen LogP contribution in [0.25, 0.3) is 0 Å². The molecule has 1 fully saturated rings. The zero-order valence-electron chi connectivity index (χ0n) is 7.95. The van der Waals surface area contributed by atoms with Crippen LogP contribution in [0.1, 0.15) is 43.8 Å². The van der Waals surface area contributed by atoms with Crippen molar-refractivity contribution in [1.82, 2.24) is 15.2 Å². The summed E-state index contributed by atoms with van der Waals surface area (Å²) in [6.07, 6.45) is 4.39. The Balaban J connectivity index is 1.89. The van der Waals surface area contributed by atoms with Crippen molar-refractivity contribution in [2.75, 3.05) is 0 Å².